The van der Waals surface area contributed by atoms with Crippen molar-refractivity contribution in [2.45, 2.75) is 35.7 Å². The van der Waals surface area contributed by atoms with E-state index in [1.165, 1.54) is 17.3 Å². The van der Waals surface area contributed by atoms with E-state index in [0.717, 1.165) is 58.9 Å². The van der Waals surface area contributed by atoms with Crippen LogP contribution < -0.4 is 4.90 Å². The summed E-state index contributed by atoms with van der Waals surface area (Å²) in [5.74, 6) is 1.27. The van der Waals surface area contributed by atoms with Crippen LogP contribution in [0.5, 0.6) is 0 Å². The normalized spacial score (nSPS) is 16.1. The molecule has 0 amide bonds. The van der Waals surface area contributed by atoms with E-state index < -0.39 is 0 Å². The smallest absolute Gasteiger partial charge is 0.196 e. The van der Waals surface area contributed by atoms with Crippen molar-refractivity contribution in [2.24, 2.45) is 0 Å². The third kappa shape index (κ3) is 3.84. The van der Waals surface area contributed by atoms with Crippen LogP contribution in [0, 0.1) is 0 Å². The van der Waals surface area contributed by atoms with Gasteiger partial charge in [-0.25, -0.2) is 19.9 Å². The van der Waals surface area contributed by atoms with Crippen LogP contribution in [0.2, 0.25) is 5.02 Å². The zero-order valence-electron chi connectivity index (χ0n) is 18.4. The average molecular weight is 489 g/mol. The zero-order chi connectivity index (χ0) is 23.1. The number of pyridine rings is 2. The number of fused-ring (bicyclic) bond motifs is 2. The van der Waals surface area contributed by atoms with E-state index in [-0.39, 0.29) is 0 Å². The summed E-state index contributed by atoms with van der Waals surface area (Å²) in [5, 5.41) is 2.23. The van der Waals surface area contributed by atoms with Gasteiger partial charge in [0.25, 0.3) is 0 Å². The first-order valence-corrected chi connectivity index (χ1v) is 12.4. The lowest BCUT2D eigenvalue weighted by Gasteiger charge is -2.19. The molecule has 1 aliphatic rings. The molecule has 0 saturated carbocycles. The van der Waals surface area contributed by atoms with Crippen LogP contribution in [0.15, 0.2) is 59.2 Å². The molecule has 5 aromatic rings. The number of anilines is 1. The number of nitrogens with one attached hydrogen (secondary N) is 1. The van der Waals surface area contributed by atoms with E-state index in [9.17, 15) is 0 Å². The van der Waals surface area contributed by atoms with E-state index in [2.05, 4.69) is 42.8 Å². The molecule has 170 valence electrons. The summed E-state index contributed by atoms with van der Waals surface area (Å²) in [6.45, 7) is 3.83. The van der Waals surface area contributed by atoms with Gasteiger partial charge < -0.3 is 9.88 Å². The molecule has 6 rings (SSSR count). The molecule has 6 heterocycles. The van der Waals surface area contributed by atoms with E-state index in [4.69, 9.17) is 21.6 Å². The third-order valence-electron chi connectivity index (χ3n) is 6.13. The highest BCUT2D eigenvalue weighted by Crippen LogP contribution is 2.39. The predicted octanol–water partition coefficient (Wildman–Crippen LogP) is 5.05. The summed E-state index contributed by atoms with van der Waals surface area (Å²) in [6, 6.07) is 6.10. The number of aromatic amines is 1. The number of halogens is 1. The second-order valence-electron chi connectivity index (χ2n) is 8.21. The third-order valence-corrected chi connectivity index (χ3v) is 7.37. The Labute approximate surface area is 205 Å². The zero-order valence-corrected chi connectivity index (χ0v) is 20.0. The van der Waals surface area contributed by atoms with Gasteiger partial charge in [0.1, 0.15) is 17.0 Å². The van der Waals surface area contributed by atoms with Crippen molar-refractivity contribution < 1.29 is 0 Å². The summed E-state index contributed by atoms with van der Waals surface area (Å²) < 4.78 is 0. The highest BCUT2D eigenvalue weighted by Gasteiger charge is 2.29. The minimum atomic E-state index is 0.404. The molecule has 0 aromatic carbocycles. The molecule has 8 nitrogen and oxygen atoms in total. The lowest BCUT2D eigenvalue weighted by molar-refractivity contribution is 0.768. The molecule has 10 heteroatoms. The molecule has 0 bridgehead atoms. The van der Waals surface area contributed by atoms with Gasteiger partial charge in [0.2, 0.25) is 0 Å². The van der Waals surface area contributed by atoms with Crippen LogP contribution in [-0.4, -0.2) is 48.0 Å². The fourth-order valence-corrected chi connectivity index (χ4v) is 5.54. The van der Waals surface area contributed by atoms with Crippen LogP contribution in [0.25, 0.3) is 22.2 Å². The number of rotatable bonds is 5. The Morgan fingerprint density at radius 2 is 2.06 bits per heavy atom. The van der Waals surface area contributed by atoms with E-state index in [1.807, 2.05) is 24.5 Å². The molecule has 0 radical (unpaired) electrons. The van der Waals surface area contributed by atoms with Gasteiger partial charge in [0.15, 0.2) is 10.8 Å². The molecule has 1 N–H and O–H groups in total. The quantitative estimate of drug-likeness (QED) is 0.343. The fraction of sp³-hybridized carbons (Fsp3) is 0.250. The molecular formula is C24H21ClN8S. The van der Waals surface area contributed by atoms with Crippen molar-refractivity contribution in [3.05, 3.63) is 65.5 Å². The highest BCUT2D eigenvalue weighted by molar-refractivity contribution is 7.99. The molecule has 5 aromatic heterocycles. The minimum Gasteiger partial charge on any atom is -0.355 e. The van der Waals surface area contributed by atoms with E-state index in [0.29, 0.717) is 21.7 Å². The van der Waals surface area contributed by atoms with Gasteiger partial charge in [-0.3, -0.25) is 9.97 Å². The second kappa shape index (κ2) is 8.81. The topological polar surface area (TPSA) is 96.4 Å². The fourth-order valence-electron chi connectivity index (χ4n) is 4.43. The van der Waals surface area contributed by atoms with Gasteiger partial charge in [0.05, 0.1) is 10.4 Å². The van der Waals surface area contributed by atoms with Crippen molar-refractivity contribution in [1.82, 2.24) is 34.9 Å². The molecule has 1 saturated heterocycles. The van der Waals surface area contributed by atoms with Crippen LogP contribution in [0.4, 0.5) is 5.82 Å². The van der Waals surface area contributed by atoms with Crippen molar-refractivity contribution in [1.29, 1.82) is 0 Å². The SMILES string of the molecule is CCc1[nH]c2nc(Sc3cnc4nccnc4c3)nc(N3CCC(c4cccnc4)C3)c2c1Cl. The number of H-pyrrole nitrogens is 1. The van der Waals surface area contributed by atoms with Crippen molar-refractivity contribution >= 4 is 51.4 Å². The Morgan fingerprint density at radius 1 is 1.15 bits per heavy atom. The molecule has 1 fully saturated rings. The predicted molar refractivity (Wildman–Crippen MR) is 134 cm³/mol. The molecule has 1 atom stereocenters. The van der Waals surface area contributed by atoms with Gasteiger partial charge in [-0.2, -0.15) is 0 Å². The highest BCUT2D eigenvalue weighted by atomic mass is 35.5. The standard InChI is InChI=1S/C24H21ClN8S/c1-2-17-20(25)19-22(30-17)31-24(34-16-10-18-21(29-12-16)28-8-7-27-18)32-23(19)33-9-5-15(13-33)14-4-3-6-26-11-14/h3-4,6-8,10-12,15H,2,5,9,13H2,1H3,(H,30,31,32). The van der Waals surface area contributed by atoms with Gasteiger partial charge >= 0.3 is 0 Å². The van der Waals surface area contributed by atoms with Crippen LogP contribution >= 0.6 is 23.4 Å². The second-order valence-corrected chi connectivity index (χ2v) is 9.63. The Morgan fingerprint density at radius 3 is 2.91 bits per heavy atom. The number of aryl methyl sites for hydroxylation is 1. The average Bonchev–Trinajstić information content (AvgIpc) is 3.49. The van der Waals surface area contributed by atoms with E-state index >= 15 is 0 Å². The Hall–Kier alpha value is -3.30. The van der Waals surface area contributed by atoms with Crippen LogP contribution in [-0.2, 0) is 6.42 Å². The number of hydrogen-bond donors (Lipinski definition) is 1. The van der Waals surface area contributed by atoms with Crippen LogP contribution in [0.3, 0.4) is 0 Å². The summed E-state index contributed by atoms with van der Waals surface area (Å²) in [5.41, 5.74) is 4.34. The number of aromatic nitrogens is 7. The molecule has 34 heavy (non-hydrogen) atoms. The summed E-state index contributed by atoms with van der Waals surface area (Å²) in [7, 11) is 0. The lowest BCUT2D eigenvalue weighted by Crippen LogP contribution is -2.21. The first-order chi connectivity index (χ1) is 16.7. The Kier molecular flexibility index (Phi) is 5.50. The molecule has 1 unspecified atom stereocenters. The lowest BCUT2D eigenvalue weighted by atomic mass is 10.0. The largest absolute Gasteiger partial charge is 0.355 e. The first-order valence-electron chi connectivity index (χ1n) is 11.2. The Bertz CT molecular complexity index is 1490. The Balaban J connectivity index is 1.39. The molecule has 0 aliphatic carbocycles. The maximum atomic E-state index is 6.79. The molecule has 1 aliphatic heterocycles. The summed E-state index contributed by atoms with van der Waals surface area (Å²) >= 11 is 8.25. The van der Waals surface area contributed by atoms with Gasteiger partial charge in [-0.1, -0.05) is 24.6 Å². The maximum absolute atomic E-state index is 6.79. The van der Waals surface area contributed by atoms with Gasteiger partial charge in [-0.15, -0.1) is 0 Å². The van der Waals surface area contributed by atoms with Crippen molar-refractivity contribution in [3.63, 3.8) is 0 Å². The summed E-state index contributed by atoms with van der Waals surface area (Å²) in [6.07, 6.45) is 10.7. The van der Waals surface area contributed by atoms with E-state index in [1.54, 1.807) is 18.6 Å². The summed E-state index contributed by atoms with van der Waals surface area (Å²) in [4.78, 5) is 33.7. The van der Waals surface area contributed by atoms with Crippen molar-refractivity contribution in [3.8, 4) is 0 Å². The van der Waals surface area contributed by atoms with Gasteiger partial charge in [-0.05, 0) is 42.3 Å². The number of hydrogen-bond acceptors (Lipinski definition) is 8. The van der Waals surface area contributed by atoms with Gasteiger partial charge in [0, 0.05) is 60.6 Å². The first kappa shape index (κ1) is 21.2. The monoisotopic (exact) mass is 488 g/mol. The molecular weight excluding hydrogens is 468 g/mol. The van der Waals surface area contributed by atoms with Crippen molar-refractivity contribution in [2.75, 3.05) is 18.0 Å². The van der Waals surface area contributed by atoms with Crippen LogP contribution in [0.1, 0.15) is 30.5 Å². The maximum Gasteiger partial charge on any atom is 0.196 e. The minimum absolute atomic E-state index is 0.404. The molecule has 0 spiro atoms. The number of nitrogens with zero attached hydrogens (tertiary/aromatic N) is 7.